The summed E-state index contributed by atoms with van der Waals surface area (Å²) in [6, 6.07) is 3.95. The van der Waals surface area contributed by atoms with Crippen LogP contribution in [0.5, 0.6) is 0 Å². The third kappa shape index (κ3) is 3.52. The maximum atomic E-state index is 12.8. The molecular weight excluding hydrogens is 352 g/mol. The summed E-state index contributed by atoms with van der Waals surface area (Å²) in [5, 5.41) is 2.07. The van der Waals surface area contributed by atoms with Crippen molar-refractivity contribution in [2.24, 2.45) is 0 Å². The molecule has 1 atom stereocenters. The van der Waals surface area contributed by atoms with Crippen molar-refractivity contribution in [1.82, 2.24) is 19.4 Å². The van der Waals surface area contributed by atoms with E-state index in [-0.39, 0.29) is 11.8 Å². The zero-order chi connectivity index (χ0) is 17.2. The SMILES string of the molecule is Cc1ccc(C(=O)N2CCCC(c3nccn3Cc3cscn3)C2)s1. The maximum Gasteiger partial charge on any atom is 0.263 e. The Morgan fingerprint density at radius 3 is 3.04 bits per heavy atom. The molecule has 1 fully saturated rings. The van der Waals surface area contributed by atoms with E-state index in [0.29, 0.717) is 0 Å². The van der Waals surface area contributed by atoms with E-state index in [1.54, 1.807) is 22.7 Å². The lowest BCUT2D eigenvalue weighted by atomic mass is 9.97. The van der Waals surface area contributed by atoms with Gasteiger partial charge in [-0.3, -0.25) is 4.79 Å². The Kier molecular flexibility index (Phi) is 4.67. The second kappa shape index (κ2) is 7.09. The molecule has 0 bridgehead atoms. The smallest absolute Gasteiger partial charge is 0.263 e. The second-order valence-electron chi connectivity index (χ2n) is 6.39. The van der Waals surface area contributed by atoms with Crippen LogP contribution in [-0.4, -0.2) is 38.4 Å². The number of piperidine rings is 1. The lowest BCUT2D eigenvalue weighted by Crippen LogP contribution is -2.39. The fourth-order valence-corrected chi connectivity index (χ4v) is 4.77. The van der Waals surface area contributed by atoms with Crippen molar-refractivity contribution in [3.8, 4) is 0 Å². The first-order chi connectivity index (χ1) is 12.2. The number of nitrogens with zero attached hydrogens (tertiary/aromatic N) is 4. The van der Waals surface area contributed by atoms with Crippen LogP contribution in [0.25, 0.3) is 0 Å². The molecule has 1 aliphatic heterocycles. The van der Waals surface area contributed by atoms with E-state index in [1.807, 2.05) is 41.9 Å². The summed E-state index contributed by atoms with van der Waals surface area (Å²) in [6.07, 6.45) is 5.95. The molecule has 1 saturated heterocycles. The summed E-state index contributed by atoms with van der Waals surface area (Å²) in [5.74, 6) is 1.50. The van der Waals surface area contributed by atoms with Gasteiger partial charge in [-0.2, -0.15) is 0 Å². The molecule has 0 aromatic carbocycles. The van der Waals surface area contributed by atoms with Crippen LogP contribution in [0.2, 0.25) is 0 Å². The van der Waals surface area contributed by atoms with E-state index in [1.165, 1.54) is 4.88 Å². The normalized spacial score (nSPS) is 17.8. The summed E-state index contributed by atoms with van der Waals surface area (Å²) in [6.45, 7) is 4.35. The van der Waals surface area contributed by atoms with Crippen molar-refractivity contribution < 1.29 is 4.79 Å². The Balaban J connectivity index is 1.50. The van der Waals surface area contributed by atoms with Crippen LogP contribution in [0.1, 0.15) is 44.8 Å². The summed E-state index contributed by atoms with van der Waals surface area (Å²) in [7, 11) is 0. The monoisotopic (exact) mass is 372 g/mol. The molecule has 25 heavy (non-hydrogen) atoms. The van der Waals surface area contributed by atoms with Gasteiger partial charge in [0.25, 0.3) is 5.91 Å². The van der Waals surface area contributed by atoms with Gasteiger partial charge < -0.3 is 9.47 Å². The quantitative estimate of drug-likeness (QED) is 0.700. The largest absolute Gasteiger partial charge is 0.337 e. The number of carbonyl (C=O) groups is 1. The molecule has 0 radical (unpaired) electrons. The van der Waals surface area contributed by atoms with Crippen molar-refractivity contribution in [3.05, 3.63) is 56.7 Å². The predicted molar refractivity (Wildman–Crippen MR) is 100 cm³/mol. The van der Waals surface area contributed by atoms with Gasteiger partial charge in [-0.05, 0) is 31.9 Å². The molecule has 0 aliphatic carbocycles. The number of carbonyl (C=O) groups excluding carboxylic acids is 1. The summed E-state index contributed by atoms with van der Waals surface area (Å²) in [4.78, 5) is 25.7. The van der Waals surface area contributed by atoms with Crippen LogP contribution in [0.15, 0.2) is 35.4 Å². The second-order valence-corrected chi connectivity index (χ2v) is 8.40. The molecule has 3 aromatic rings. The number of thiophene rings is 1. The Bertz CT molecular complexity index is 852. The molecule has 0 saturated carbocycles. The first-order valence-corrected chi connectivity index (χ1v) is 10.2. The average molecular weight is 373 g/mol. The van der Waals surface area contributed by atoms with Crippen LogP contribution >= 0.6 is 22.7 Å². The highest BCUT2D eigenvalue weighted by molar-refractivity contribution is 7.13. The molecule has 4 rings (SSSR count). The molecular formula is C18H20N4OS2. The predicted octanol–water partition coefficient (Wildman–Crippen LogP) is 3.78. The molecule has 4 heterocycles. The number of aromatic nitrogens is 3. The van der Waals surface area contributed by atoms with Crippen LogP contribution in [0.3, 0.4) is 0 Å². The van der Waals surface area contributed by atoms with E-state index >= 15 is 0 Å². The van der Waals surface area contributed by atoms with Gasteiger partial charge in [0.1, 0.15) is 5.82 Å². The highest BCUT2D eigenvalue weighted by atomic mass is 32.1. The van der Waals surface area contributed by atoms with E-state index in [9.17, 15) is 4.79 Å². The van der Waals surface area contributed by atoms with Crippen molar-refractivity contribution in [2.75, 3.05) is 13.1 Å². The first-order valence-electron chi connectivity index (χ1n) is 8.44. The standard InChI is InChI=1S/C18H20N4OS2/c1-13-4-5-16(25-13)18(23)22-7-2-3-14(9-22)17-19-6-8-21(17)10-15-11-24-12-20-15/h4-6,8,11-12,14H,2-3,7,9-10H2,1H3. The highest BCUT2D eigenvalue weighted by Gasteiger charge is 2.28. The Hall–Kier alpha value is -1.99. The van der Waals surface area contributed by atoms with Gasteiger partial charge in [0, 0.05) is 41.7 Å². The molecule has 0 N–H and O–H groups in total. The highest BCUT2D eigenvalue weighted by Crippen LogP contribution is 2.28. The minimum atomic E-state index is 0.153. The number of rotatable bonds is 4. The fourth-order valence-electron chi connectivity index (χ4n) is 3.38. The van der Waals surface area contributed by atoms with Crippen molar-refractivity contribution in [3.63, 3.8) is 0 Å². The van der Waals surface area contributed by atoms with Crippen LogP contribution in [0.4, 0.5) is 0 Å². The summed E-state index contributed by atoms with van der Waals surface area (Å²) < 4.78 is 2.17. The number of imidazole rings is 1. The third-order valence-corrected chi connectivity index (χ3v) is 6.21. The van der Waals surface area contributed by atoms with Crippen LogP contribution in [0, 0.1) is 6.92 Å². The van der Waals surface area contributed by atoms with Gasteiger partial charge >= 0.3 is 0 Å². The topological polar surface area (TPSA) is 51.0 Å². The zero-order valence-corrected chi connectivity index (χ0v) is 15.7. The van der Waals surface area contributed by atoms with E-state index < -0.39 is 0 Å². The minimum absolute atomic E-state index is 0.153. The van der Waals surface area contributed by atoms with Gasteiger partial charge in [-0.25, -0.2) is 9.97 Å². The number of thiazole rings is 1. The lowest BCUT2D eigenvalue weighted by Gasteiger charge is -2.32. The maximum absolute atomic E-state index is 12.8. The zero-order valence-electron chi connectivity index (χ0n) is 14.1. The van der Waals surface area contributed by atoms with E-state index in [0.717, 1.165) is 48.9 Å². The molecule has 1 amide bonds. The third-order valence-electron chi connectivity index (χ3n) is 4.59. The number of hydrogen-bond acceptors (Lipinski definition) is 5. The number of amides is 1. The minimum Gasteiger partial charge on any atom is -0.337 e. The van der Waals surface area contributed by atoms with Crippen molar-refractivity contribution in [1.29, 1.82) is 0 Å². The molecule has 130 valence electrons. The summed E-state index contributed by atoms with van der Waals surface area (Å²) >= 11 is 3.19. The molecule has 1 unspecified atom stereocenters. The Morgan fingerprint density at radius 1 is 1.36 bits per heavy atom. The van der Waals surface area contributed by atoms with E-state index in [4.69, 9.17) is 0 Å². The molecule has 0 spiro atoms. The van der Waals surface area contributed by atoms with Crippen LogP contribution in [-0.2, 0) is 6.54 Å². The van der Waals surface area contributed by atoms with Gasteiger partial charge in [0.2, 0.25) is 0 Å². The fraction of sp³-hybridized carbons (Fsp3) is 0.389. The van der Waals surface area contributed by atoms with E-state index in [2.05, 4.69) is 19.9 Å². The molecule has 7 heteroatoms. The molecule has 5 nitrogen and oxygen atoms in total. The Morgan fingerprint density at radius 2 is 2.28 bits per heavy atom. The van der Waals surface area contributed by atoms with Gasteiger partial charge in [-0.15, -0.1) is 22.7 Å². The van der Waals surface area contributed by atoms with Gasteiger partial charge in [-0.1, -0.05) is 0 Å². The number of aryl methyl sites for hydroxylation is 1. The molecule has 3 aromatic heterocycles. The molecule has 1 aliphatic rings. The van der Waals surface area contributed by atoms with Gasteiger partial charge in [0.15, 0.2) is 0 Å². The van der Waals surface area contributed by atoms with Crippen molar-refractivity contribution in [2.45, 2.75) is 32.2 Å². The lowest BCUT2D eigenvalue weighted by molar-refractivity contribution is 0.0708. The first kappa shape index (κ1) is 16.5. The summed E-state index contributed by atoms with van der Waals surface area (Å²) in [5.41, 5.74) is 2.91. The Labute approximate surface area is 155 Å². The number of hydrogen-bond donors (Lipinski definition) is 0. The van der Waals surface area contributed by atoms with Crippen molar-refractivity contribution >= 4 is 28.6 Å². The average Bonchev–Trinajstić information content (AvgIpc) is 3.37. The number of likely N-dealkylation sites (tertiary alicyclic amines) is 1. The van der Waals surface area contributed by atoms with Crippen LogP contribution < -0.4 is 0 Å². The van der Waals surface area contributed by atoms with Gasteiger partial charge in [0.05, 0.1) is 22.6 Å².